The van der Waals surface area contributed by atoms with E-state index in [1.54, 1.807) is 0 Å². The molecule has 6 heteroatoms. The van der Waals surface area contributed by atoms with Crippen molar-refractivity contribution in [3.63, 3.8) is 0 Å². The highest BCUT2D eigenvalue weighted by Gasteiger charge is 2.45. The van der Waals surface area contributed by atoms with Crippen LogP contribution in [0.2, 0.25) is 0 Å². The molecule has 1 spiro atoms. The molecule has 3 aromatic rings. The molecule has 6 rings (SSSR count). The minimum absolute atomic E-state index is 0.274. The van der Waals surface area contributed by atoms with Gasteiger partial charge in [-0.25, -0.2) is 4.98 Å². The van der Waals surface area contributed by atoms with Gasteiger partial charge in [-0.15, -0.1) is 0 Å². The quantitative estimate of drug-likeness (QED) is 0.702. The van der Waals surface area contributed by atoms with E-state index in [4.69, 9.17) is 4.98 Å². The number of anilines is 1. The van der Waals surface area contributed by atoms with Gasteiger partial charge in [-0.05, 0) is 62.8 Å². The number of piperidine rings is 1. The molecule has 0 unspecified atom stereocenters. The number of hydrogen-bond donors (Lipinski definition) is 2. The van der Waals surface area contributed by atoms with Crippen molar-refractivity contribution in [1.29, 1.82) is 0 Å². The maximum absolute atomic E-state index is 5.03. The van der Waals surface area contributed by atoms with Gasteiger partial charge in [0, 0.05) is 37.6 Å². The minimum Gasteiger partial charge on any atom is -0.355 e. The zero-order valence-corrected chi connectivity index (χ0v) is 17.6. The second-order valence-electron chi connectivity index (χ2n) is 9.31. The molecular weight excluding hydrogens is 372 g/mol. The first-order valence-corrected chi connectivity index (χ1v) is 11.4. The molecule has 1 aliphatic carbocycles. The Kier molecular flexibility index (Phi) is 4.32. The van der Waals surface area contributed by atoms with Gasteiger partial charge in [0.2, 0.25) is 0 Å². The third-order valence-corrected chi connectivity index (χ3v) is 7.17. The maximum atomic E-state index is 5.03. The van der Waals surface area contributed by atoms with Crippen LogP contribution in [0.4, 0.5) is 5.82 Å². The molecule has 0 bridgehead atoms. The molecular formula is C24H30N6. The molecule has 3 fully saturated rings. The zero-order chi connectivity index (χ0) is 20.1. The number of nitrogens with one attached hydrogen (secondary N) is 2. The Bertz CT molecular complexity index is 1070. The smallest absolute Gasteiger partial charge is 0.138 e. The summed E-state index contributed by atoms with van der Waals surface area (Å²) < 4.78 is 2.30. The average Bonchev–Trinajstić information content (AvgIpc) is 3.36. The van der Waals surface area contributed by atoms with Gasteiger partial charge in [0.05, 0.1) is 23.5 Å². The van der Waals surface area contributed by atoms with Gasteiger partial charge in [0.15, 0.2) is 0 Å². The third-order valence-electron chi connectivity index (χ3n) is 7.17. The van der Waals surface area contributed by atoms with Crippen LogP contribution in [0.25, 0.3) is 5.65 Å². The van der Waals surface area contributed by atoms with E-state index < -0.39 is 0 Å². The van der Waals surface area contributed by atoms with Gasteiger partial charge in [-0.3, -0.25) is 9.38 Å². The predicted molar refractivity (Wildman–Crippen MR) is 119 cm³/mol. The Morgan fingerprint density at radius 3 is 2.87 bits per heavy atom. The van der Waals surface area contributed by atoms with E-state index in [2.05, 4.69) is 62.3 Å². The molecule has 3 aromatic heterocycles. The van der Waals surface area contributed by atoms with Crippen LogP contribution in [0.5, 0.6) is 0 Å². The lowest BCUT2D eigenvalue weighted by Crippen LogP contribution is -2.53. The van der Waals surface area contributed by atoms with E-state index in [1.807, 2.05) is 12.3 Å². The molecule has 0 amide bonds. The van der Waals surface area contributed by atoms with Crippen molar-refractivity contribution >= 4 is 11.5 Å². The second kappa shape index (κ2) is 7.06. The number of hydrogen-bond acceptors (Lipinski definition) is 5. The molecule has 1 saturated carbocycles. The summed E-state index contributed by atoms with van der Waals surface area (Å²) in [7, 11) is 0. The summed E-state index contributed by atoms with van der Waals surface area (Å²) in [6.07, 6.45) is 10.2. The fourth-order valence-electron chi connectivity index (χ4n) is 5.33. The molecule has 2 saturated heterocycles. The van der Waals surface area contributed by atoms with Crippen molar-refractivity contribution in [2.45, 2.75) is 56.7 Å². The van der Waals surface area contributed by atoms with Crippen LogP contribution in [0.3, 0.4) is 0 Å². The average molecular weight is 403 g/mol. The summed E-state index contributed by atoms with van der Waals surface area (Å²) in [6.45, 7) is 5.37. The number of pyridine rings is 2. The topological polar surface area (TPSA) is 57.5 Å². The number of piperazine rings is 1. The van der Waals surface area contributed by atoms with Crippen molar-refractivity contribution in [1.82, 2.24) is 25.0 Å². The zero-order valence-electron chi connectivity index (χ0n) is 17.6. The Balaban J connectivity index is 1.29. The van der Waals surface area contributed by atoms with Gasteiger partial charge >= 0.3 is 0 Å². The van der Waals surface area contributed by atoms with Crippen molar-refractivity contribution in [2.24, 2.45) is 0 Å². The van der Waals surface area contributed by atoms with E-state index in [-0.39, 0.29) is 6.04 Å². The second-order valence-corrected chi connectivity index (χ2v) is 9.31. The molecule has 0 radical (unpaired) electrons. The number of aryl methyl sites for hydroxylation is 1. The molecule has 30 heavy (non-hydrogen) atoms. The number of nitrogens with zero attached hydrogens (tertiary/aromatic N) is 4. The first-order chi connectivity index (χ1) is 14.7. The first-order valence-electron chi connectivity index (χ1n) is 11.4. The molecule has 2 atom stereocenters. The molecule has 3 aliphatic rings. The monoisotopic (exact) mass is 402 g/mol. The number of fused-ring (bicyclic) bond motifs is 1. The summed E-state index contributed by atoms with van der Waals surface area (Å²) in [5.74, 6) is 1.27. The van der Waals surface area contributed by atoms with Gasteiger partial charge in [-0.2, -0.15) is 0 Å². The summed E-state index contributed by atoms with van der Waals surface area (Å²) in [5, 5.41) is 7.56. The summed E-state index contributed by atoms with van der Waals surface area (Å²) in [6, 6.07) is 11.3. The van der Waals surface area contributed by atoms with E-state index in [1.165, 1.54) is 36.3 Å². The van der Waals surface area contributed by atoms with E-state index in [0.29, 0.717) is 11.6 Å². The number of rotatable bonds is 3. The fourth-order valence-corrected chi connectivity index (χ4v) is 5.33. The van der Waals surface area contributed by atoms with E-state index in [0.717, 1.165) is 43.8 Å². The molecule has 5 heterocycles. The predicted octanol–water partition coefficient (Wildman–Crippen LogP) is 3.54. The Morgan fingerprint density at radius 1 is 1.10 bits per heavy atom. The van der Waals surface area contributed by atoms with Crippen LogP contribution in [0.1, 0.15) is 61.1 Å². The Morgan fingerprint density at radius 2 is 2.00 bits per heavy atom. The highest BCUT2D eigenvalue weighted by molar-refractivity contribution is 5.54. The number of aromatic nitrogens is 3. The van der Waals surface area contributed by atoms with Crippen molar-refractivity contribution in [3.05, 3.63) is 59.7 Å². The lowest BCUT2D eigenvalue weighted by Gasteiger charge is -2.35. The summed E-state index contributed by atoms with van der Waals surface area (Å²) in [5.41, 5.74) is 5.01. The molecule has 0 aromatic carbocycles. The third kappa shape index (κ3) is 3.19. The van der Waals surface area contributed by atoms with E-state index >= 15 is 0 Å². The van der Waals surface area contributed by atoms with Gasteiger partial charge in [0.25, 0.3) is 0 Å². The minimum atomic E-state index is 0.274. The molecule has 2 N–H and O–H groups in total. The van der Waals surface area contributed by atoms with Gasteiger partial charge in [0.1, 0.15) is 11.5 Å². The van der Waals surface area contributed by atoms with Crippen LogP contribution in [-0.4, -0.2) is 39.5 Å². The lowest BCUT2D eigenvalue weighted by molar-refractivity contribution is 0.321. The SMILES string of the molecule is Cc1cccnc1[C@@H]1CCC[C@H](c2cn3c(N4CCNC5(CC5)C4)cccc3n2)N1. The Labute approximate surface area is 177 Å². The largest absolute Gasteiger partial charge is 0.355 e. The maximum Gasteiger partial charge on any atom is 0.138 e. The van der Waals surface area contributed by atoms with Crippen molar-refractivity contribution < 1.29 is 0 Å². The molecule has 2 aliphatic heterocycles. The highest BCUT2D eigenvalue weighted by atomic mass is 15.3. The fraction of sp³-hybridized carbons (Fsp3) is 0.500. The summed E-state index contributed by atoms with van der Waals surface area (Å²) in [4.78, 5) is 12.2. The lowest BCUT2D eigenvalue weighted by atomic mass is 9.93. The van der Waals surface area contributed by atoms with Crippen LogP contribution >= 0.6 is 0 Å². The Hall–Kier alpha value is -2.44. The number of imidazole rings is 1. The van der Waals surface area contributed by atoms with Crippen molar-refractivity contribution in [2.75, 3.05) is 24.5 Å². The van der Waals surface area contributed by atoms with Gasteiger partial charge < -0.3 is 15.5 Å². The van der Waals surface area contributed by atoms with Gasteiger partial charge in [-0.1, -0.05) is 12.1 Å². The molecule has 6 nitrogen and oxygen atoms in total. The summed E-state index contributed by atoms with van der Waals surface area (Å²) >= 11 is 0. The van der Waals surface area contributed by atoms with Crippen LogP contribution in [-0.2, 0) is 0 Å². The highest BCUT2D eigenvalue weighted by Crippen LogP contribution is 2.39. The van der Waals surface area contributed by atoms with Crippen LogP contribution < -0.4 is 15.5 Å². The van der Waals surface area contributed by atoms with Crippen LogP contribution in [0.15, 0.2) is 42.7 Å². The van der Waals surface area contributed by atoms with Crippen molar-refractivity contribution in [3.8, 4) is 0 Å². The van der Waals surface area contributed by atoms with Crippen LogP contribution in [0, 0.1) is 6.92 Å². The van der Waals surface area contributed by atoms with E-state index in [9.17, 15) is 0 Å². The molecule has 156 valence electrons. The standard InChI is InChI=1S/C24H30N6/c1-17-5-4-12-25-23(17)19-7-2-6-18(27-19)20-15-30-21(28-20)8-3-9-22(30)29-14-13-26-24(16-29)10-11-24/h3-5,8-9,12,15,18-19,26-27H,2,6-7,10-11,13-14,16H2,1H3/t18-,19+/m1/s1. The first kappa shape index (κ1) is 18.3. The normalized spacial score (nSPS) is 25.7.